The predicted molar refractivity (Wildman–Crippen MR) is 95.9 cm³/mol. The molecule has 0 saturated carbocycles. The number of pyridine rings is 1. The molecule has 1 aliphatic heterocycles. The molecule has 0 amide bonds. The van der Waals surface area contributed by atoms with Crippen molar-refractivity contribution in [2.45, 2.75) is 34.3 Å². The second-order valence-corrected chi connectivity index (χ2v) is 6.54. The SMILES string of the molecule is Cc1ccc(-c2noc(C)c2COC2=CC=CNN2CC(C)C)cn1. The fraction of sp³-hybridized carbons (Fsp3) is 0.368. The Kier molecular flexibility index (Phi) is 5.07. The number of nitrogens with zero attached hydrogens (tertiary/aromatic N) is 3. The van der Waals surface area contributed by atoms with E-state index in [2.05, 4.69) is 29.4 Å². The molecule has 0 spiro atoms. The van der Waals surface area contributed by atoms with Gasteiger partial charge >= 0.3 is 0 Å². The Bertz CT molecular complexity index is 775. The van der Waals surface area contributed by atoms with Gasteiger partial charge < -0.3 is 14.7 Å². The van der Waals surface area contributed by atoms with Crippen LogP contribution in [0.4, 0.5) is 0 Å². The van der Waals surface area contributed by atoms with Crippen LogP contribution >= 0.6 is 0 Å². The number of aromatic nitrogens is 2. The maximum atomic E-state index is 6.06. The minimum absolute atomic E-state index is 0.383. The third kappa shape index (κ3) is 4.02. The van der Waals surface area contributed by atoms with Gasteiger partial charge in [0.2, 0.25) is 5.88 Å². The van der Waals surface area contributed by atoms with Crippen molar-refractivity contribution in [2.24, 2.45) is 5.92 Å². The number of hydrogen-bond acceptors (Lipinski definition) is 6. The first-order valence-electron chi connectivity index (χ1n) is 8.46. The van der Waals surface area contributed by atoms with Crippen molar-refractivity contribution < 1.29 is 9.26 Å². The smallest absolute Gasteiger partial charge is 0.208 e. The minimum Gasteiger partial charge on any atom is -0.473 e. The zero-order valence-corrected chi connectivity index (χ0v) is 15.1. The first-order chi connectivity index (χ1) is 12.0. The molecule has 0 aromatic carbocycles. The van der Waals surface area contributed by atoms with Crippen LogP contribution in [0.2, 0.25) is 0 Å². The second kappa shape index (κ2) is 7.42. The van der Waals surface area contributed by atoms with Crippen molar-refractivity contribution in [1.82, 2.24) is 20.6 Å². The van der Waals surface area contributed by atoms with Crippen LogP contribution in [-0.2, 0) is 11.3 Å². The van der Waals surface area contributed by atoms with Gasteiger partial charge in [-0.05, 0) is 38.0 Å². The summed E-state index contributed by atoms with van der Waals surface area (Å²) in [6, 6.07) is 3.96. The van der Waals surface area contributed by atoms with Crippen LogP contribution in [-0.4, -0.2) is 21.7 Å². The van der Waals surface area contributed by atoms with Crippen molar-refractivity contribution in [2.75, 3.05) is 6.54 Å². The number of allylic oxidation sites excluding steroid dienone is 2. The third-order valence-electron chi connectivity index (χ3n) is 3.91. The molecule has 0 atom stereocenters. The molecule has 2 aromatic rings. The van der Waals surface area contributed by atoms with Gasteiger partial charge in [-0.1, -0.05) is 19.0 Å². The summed E-state index contributed by atoms with van der Waals surface area (Å²) < 4.78 is 11.5. The van der Waals surface area contributed by atoms with Gasteiger partial charge in [0.15, 0.2) is 0 Å². The number of ether oxygens (including phenoxy) is 1. The monoisotopic (exact) mass is 340 g/mol. The van der Waals surface area contributed by atoms with Gasteiger partial charge in [0.25, 0.3) is 0 Å². The van der Waals surface area contributed by atoms with E-state index in [1.165, 1.54) is 0 Å². The number of hydrogen-bond donors (Lipinski definition) is 1. The highest BCUT2D eigenvalue weighted by molar-refractivity contribution is 5.62. The lowest BCUT2D eigenvalue weighted by Gasteiger charge is -2.30. The molecule has 0 aliphatic carbocycles. The van der Waals surface area contributed by atoms with Crippen molar-refractivity contribution >= 4 is 0 Å². The van der Waals surface area contributed by atoms with Crippen molar-refractivity contribution in [3.63, 3.8) is 0 Å². The Morgan fingerprint density at radius 2 is 2.12 bits per heavy atom. The Morgan fingerprint density at radius 1 is 1.28 bits per heavy atom. The van der Waals surface area contributed by atoms with Crippen molar-refractivity contribution in [3.8, 4) is 11.3 Å². The summed E-state index contributed by atoms with van der Waals surface area (Å²) in [5, 5.41) is 6.19. The Morgan fingerprint density at radius 3 is 2.84 bits per heavy atom. The Balaban J connectivity index is 1.77. The summed E-state index contributed by atoms with van der Waals surface area (Å²) in [6.07, 6.45) is 7.58. The summed E-state index contributed by atoms with van der Waals surface area (Å²) in [5.74, 6) is 2.05. The van der Waals surface area contributed by atoms with Crippen LogP contribution in [0.15, 0.2) is 47.1 Å². The molecular weight excluding hydrogens is 316 g/mol. The highest BCUT2D eigenvalue weighted by Gasteiger charge is 2.19. The molecule has 25 heavy (non-hydrogen) atoms. The van der Waals surface area contributed by atoms with Gasteiger partial charge in [-0.3, -0.25) is 9.99 Å². The topological polar surface area (TPSA) is 63.4 Å². The average molecular weight is 340 g/mol. The van der Waals surface area contributed by atoms with E-state index in [9.17, 15) is 0 Å². The highest BCUT2D eigenvalue weighted by atomic mass is 16.5. The molecule has 0 radical (unpaired) electrons. The van der Waals surface area contributed by atoms with Crippen LogP contribution in [0, 0.1) is 19.8 Å². The normalized spacial score (nSPS) is 13.8. The largest absolute Gasteiger partial charge is 0.473 e. The zero-order valence-electron chi connectivity index (χ0n) is 15.1. The molecular formula is C19H24N4O2. The second-order valence-electron chi connectivity index (χ2n) is 6.54. The summed E-state index contributed by atoms with van der Waals surface area (Å²) in [4.78, 5) is 4.34. The molecule has 0 unspecified atom stereocenters. The van der Waals surface area contributed by atoms with E-state index in [-0.39, 0.29) is 0 Å². The van der Waals surface area contributed by atoms with Crippen LogP contribution < -0.4 is 5.43 Å². The summed E-state index contributed by atoms with van der Waals surface area (Å²) >= 11 is 0. The number of rotatable bonds is 6. The highest BCUT2D eigenvalue weighted by Crippen LogP contribution is 2.26. The zero-order chi connectivity index (χ0) is 17.8. The van der Waals surface area contributed by atoms with Crippen molar-refractivity contribution in [1.29, 1.82) is 0 Å². The fourth-order valence-corrected chi connectivity index (χ4v) is 2.59. The van der Waals surface area contributed by atoms with E-state index >= 15 is 0 Å². The quantitative estimate of drug-likeness (QED) is 0.865. The molecule has 3 rings (SSSR count). The molecule has 6 heteroatoms. The molecule has 0 bridgehead atoms. The van der Waals surface area contributed by atoms with Crippen molar-refractivity contribution in [3.05, 3.63) is 59.6 Å². The van der Waals surface area contributed by atoms with Crippen LogP contribution in [0.25, 0.3) is 11.3 Å². The molecule has 132 valence electrons. The van der Waals surface area contributed by atoms with Gasteiger partial charge in [-0.15, -0.1) is 0 Å². The lowest BCUT2D eigenvalue weighted by atomic mass is 10.1. The molecule has 0 saturated heterocycles. The maximum absolute atomic E-state index is 6.06. The standard InChI is InChI=1S/C19H24N4O2/c1-13(2)11-23-18(6-5-9-21-23)24-12-17-15(4)25-22-19(17)16-8-7-14(3)20-10-16/h5-10,13,21H,11-12H2,1-4H3. The first kappa shape index (κ1) is 17.1. The van der Waals surface area contributed by atoms with Gasteiger partial charge in [-0.2, -0.15) is 0 Å². The lowest BCUT2D eigenvalue weighted by Crippen LogP contribution is -2.38. The van der Waals surface area contributed by atoms with Gasteiger partial charge in [0.1, 0.15) is 18.1 Å². The fourth-order valence-electron chi connectivity index (χ4n) is 2.59. The van der Waals surface area contributed by atoms with Crippen LogP contribution in [0.1, 0.15) is 30.9 Å². The molecule has 1 aliphatic rings. The van der Waals surface area contributed by atoms with Crippen LogP contribution in [0.5, 0.6) is 0 Å². The van der Waals surface area contributed by atoms with E-state index < -0.39 is 0 Å². The first-order valence-corrected chi connectivity index (χ1v) is 8.46. The maximum Gasteiger partial charge on any atom is 0.208 e. The number of nitrogens with one attached hydrogen (secondary N) is 1. The molecule has 3 heterocycles. The number of aryl methyl sites for hydroxylation is 2. The van der Waals surface area contributed by atoms with E-state index in [0.29, 0.717) is 12.5 Å². The summed E-state index contributed by atoms with van der Waals surface area (Å²) in [6.45, 7) is 9.44. The lowest BCUT2D eigenvalue weighted by molar-refractivity contribution is 0.0714. The summed E-state index contributed by atoms with van der Waals surface area (Å²) in [7, 11) is 0. The Labute approximate surface area is 148 Å². The molecule has 6 nitrogen and oxygen atoms in total. The average Bonchev–Trinajstić information content (AvgIpc) is 2.95. The van der Waals surface area contributed by atoms with E-state index in [1.54, 1.807) is 0 Å². The Hall–Kier alpha value is -2.76. The van der Waals surface area contributed by atoms with E-state index in [0.717, 1.165) is 40.7 Å². The van der Waals surface area contributed by atoms with E-state index in [1.807, 2.05) is 55.5 Å². The molecule has 2 aromatic heterocycles. The molecule has 0 fully saturated rings. The number of hydrazine groups is 1. The van der Waals surface area contributed by atoms with Gasteiger partial charge in [0, 0.05) is 36.3 Å². The van der Waals surface area contributed by atoms with Gasteiger partial charge in [0.05, 0.1) is 5.56 Å². The molecule has 1 N–H and O–H groups in total. The third-order valence-corrected chi connectivity index (χ3v) is 3.91. The minimum atomic E-state index is 0.383. The predicted octanol–water partition coefficient (Wildman–Crippen LogP) is 3.70. The van der Waals surface area contributed by atoms with Crippen LogP contribution in [0.3, 0.4) is 0 Å². The summed E-state index contributed by atoms with van der Waals surface area (Å²) in [5.41, 5.74) is 6.82. The van der Waals surface area contributed by atoms with E-state index in [4.69, 9.17) is 9.26 Å². The van der Waals surface area contributed by atoms with Gasteiger partial charge in [-0.25, -0.2) is 0 Å².